The topological polar surface area (TPSA) is 41.6 Å². The molecule has 0 aromatic heterocycles. The lowest BCUT2D eigenvalue weighted by Crippen LogP contribution is -2.51. The Morgan fingerprint density at radius 1 is 1.33 bits per heavy atom. The number of amides is 1. The molecule has 1 aromatic rings. The third-order valence-corrected chi connectivity index (χ3v) is 5.26. The van der Waals surface area contributed by atoms with E-state index >= 15 is 0 Å². The standard InChI is InChI=1S/C19H27FN2O2/c1-2-22-10-9-17-15(12-22)6-4-3-5-14-11-16(20)7-8-18(14)24-13-19(23)21-17/h7-8,11,15,17H,2-6,9-10,12-13H2,1H3,(H,21,23)/t15-,17+/m1/s1. The van der Waals surface area contributed by atoms with Crippen LogP contribution >= 0.6 is 0 Å². The van der Waals surface area contributed by atoms with E-state index in [9.17, 15) is 9.18 Å². The molecule has 0 aliphatic carbocycles. The molecule has 132 valence electrons. The van der Waals surface area contributed by atoms with Crippen molar-refractivity contribution in [1.29, 1.82) is 0 Å². The number of nitrogens with one attached hydrogen (secondary N) is 1. The number of aryl methyl sites for hydroxylation is 1. The van der Waals surface area contributed by atoms with Gasteiger partial charge in [0, 0.05) is 19.1 Å². The zero-order valence-electron chi connectivity index (χ0n) is 14.4. The van der Waals surface area contributed by atoms with Gasteiger partial charge in [-0.25, -0.2) is 4.39 Å². The van der Waals surface area contributed by atoms with Crippen LogP contribution in [0.1, 0.15) is 38.2 Å². The minimum atomic E-state index is -0.250. The third-order valence-electron chi connectivity index (χ3n) is 5.26. The molecule has 2 aliphatic rings. The van der Waals surface area contributed by atoms with E-state index in [0.717, 1.165) is 57.3 Å². The molecule has 2 aliphatic heterocycles. The van der Waals surface area contributed by atoms with Gasteiger partial charge in [-0.05, 0) is 61.9 Å². The lowest BCUT2D eigenvalue weighted by molar-refractivity contribution is -0.124. The van der Waals surface area contributed by atoms with Crippen molar-refractivity contribution in [1.82, 2.24) is 10.2 Å². The smallest absolute Gasteiger partial charge is 0.258 e. The second-order valence-corrected chi connectivity index (χ2v) is 6.90. The molecule has 1 amide bonds. The van der Waals surface area contributed by atoms with Gasteiger partial charge in [0.05, 0.1) is 0 Å². The van der Waals surface area contributed by atoms with E-state index < -0.39 is 0 Å². The van der Waals surface area contributed by atoms with E-state index in [-0.39, 0.29) is 24.4 Å². The van der Waals surface area contributed by atoms with Crippen LogP contribution in [-0.2, 0) is 11.2 Å². The lowest BCUT2D eigenvalue weighted by Gasteiger charge is -2.38. The Balaban J connectivity index is 1.72. The van der Waals surface area contributed by atoms with Gasteiger partial charge in [-0.15, -0.1) is 0 Å². The van der Waals surface area contributed by atoms with Crippen LogP contribution in [-0.4, -0.2) is 43.1 Å². The molecule has 0 unspecified atom stereocenters. The molecular weight excluding hydrogens is 307 g/mol. The maximum Gasteiger partial charge on any atom is 0.258 e. The number of benzene rings is 1. The molecule has 1 saturated heterocycles. The van der Waals surface area contributed by atoms with E-state index in [2.05, 4.69) is 17.1 Å². The van der Waals surface area contributed by atoms with Gasteiger partial charge in [-0.2, -0.15) is 0 Å². The lowest BCUT2D eigenvalue weighted by atomic mass is 9.87. The highest BCUT2D eigenvalue weighted by Gasteiger charge is 2.29. The summed E-state index contributed by atoms with van der Waals surface area (Å²) in [6.45, 7) is 5.34. The van der Waals surface area contributed by atoms with Crippen LogP contribution < -0.4 is 10.1 Å². The first-order chi connectivity index (χ1) is 11.7. The summed E-state index contributed by atoms with van der Waals surface area (Å²) in [4.78, 5) is 14.7. The number of rotatable bonds is 1. The number of carbonyl (C=O) groups is 1. The van der Waals surface area contributed by atoms with Crippen molar-refractivity contribution in [2.45, 2.75) is 45.1 Å². The summed E-state index contributed by atoms with van der Waals surface area (Å²) in [6, 6.07) is 4.79. The molecule has 0 saturated carbocycles. The summed E-state index contributed by atoms with van der Waals surface area (Å²) in [5.41, 5.74) is 0.860. The average Bonchev–Trinajstić information content (AvgIpc) is 2.58. The van der Waals surface area contributed by atoms with E-state index in [0.29, 0.717) is 11.7 Å². The number of hydrogen-bond acceptors (Lipinski definition) is 3. The van der Waals surface area contributed by atoms with Crippen LogP contribution in [0, 0.1) is 11.7 Å². The molecule has 0 radical (unpaired) electrons. The van der Waals surface area contributed by atoms with Crippen LogP contribution in [0.4, 0.5) is 4.39 Å². The molecule has 5 heteroatoms. The summed E-state index contributed by atoms with van der Waals surface area (Å²) >= 11 is 0. The predicted octanol–water partition coefficient (Wildman–Crippen LogP) is 2.76. The fraction of sp³-hybridized carbons (Fsp3) is 0.632. The SMILES string of the molecule is CCN1CC[C@@H]2NC(=O)COc3ccc(F)cc3CCCC[C@@H]2C1. The highest BCUT2D eigenvalue weighted by Crippen LogP contribution is 2.26. The van der Waals surface area contributed by atoms with Crippen molar-refractivity contribution in [2.75, 3.05) is 26.2 Å². The van der Waals surface area contributed by atoms with Crippen molar-refractivity contribution in [3.05, 3.63) is 29.6 Å². The van der Waals surface area contributed by atoms with Gasteiger partial charge in [-0.1, -0.05) is 13.3 Å². The number of fused-ring (bicyclic) bond motifs is 2. The van der Waals surface area contributed by atoms with Crippen molar-refractivity contribution in [3.63, 3.8) is 0 Å². The summed E-state index contributed by atoms with van der Waals surface area (Å²) in [6.07, 6.45) is 5.01. The first kappa shape index (κ1) is 17.2. The number of ether oxygens (including phenoxy) is 1. The molecule has 1 N–H and O–H groups in total. The second kappa shape index (κ2) is 7.97. The van der Waals surface area contributed by atoms with Gasteiger partial charge in [0.25, 0.3) is 5.91 Å². The molecule has 2 heterocycles. The van der Waals surface area contributed by atoms with Gasteiger partial charge in [0.15, 0.2) is 6.61 Å². The molecule has 2 atom stereocenters. The number of hydrogen-bond donors (Lipinski definition) is 1. The van der Waals surface area contributed by atoms with Gasteiger partial charge in [0.2, 0.25) is 0 Å². The molecular formula is C19H27FN2O2. The van der Waals surface area contributed by atoms with Crippen LogP contribution in [0.3, 0.4) is 0 Å². The average molecular weight is 334 g/mol. The van der Waals surface area contributed by atoms with E-state index in [1.807, 2.05) is 0 Å². The fourth-order valence-electron chi connectivity index (χ4n) is 3.88. The number of carbonyl (C=O) groups excluding carboxylic acids is 1. The zero-order valence-corrected chi connectivity index (χ0v) is 14.4. The van der Waals surface area contributed by atoms with Crippen LogP contribution in [0.2, 0.25) is 0 Å². The number of piperidine rings is 1. The highest BCUT2D eigenvalue weighted by atomic mass is 19.1. The minimum Gasteiger partial charge on any atom is -0.483 e. The largest absolute Gasteiger partial charge is 0.483 e. The number of likely N-dealkylation sites (tertiary alicyclic amines) is 1. The maximum atomic E-state index is 13.5. The van der Waals surface area contributed by atoms with Crippen molar-refractivity contribution < 1.29 is 13.9 Å². The van der Waals surface area contributed by atoms with Gasteiger partial charge in [-0.3, -0.25) is 4.79 Å². The van der Waals surface area contributed by atoms with Gasteiger partial charge < -0.3 is 15.0 Å². The van der Waals surface area contributed by atoms with Gasteiger partial charge >= 0.3 is 0 Å². The van der Waals surface area contributed by atoms with Crippen LogP contribution in [0.5, 0.6) is 5.75 Å². The van der Waals surface area contributed by atoms with Gasteiger partial charge in [0.1, 0.15) is 11.6 Å². The Morgan fingerprint density at radius 3 is 3.04 bits per heavy atom. The van der Waals surface area contributed by atoms with Crippen LogP contribution in [0.25, 0.3) is 0 Å². The molecule has 4 nitrogen and oxygen atoms in total. The summed E-state index contributed by atoms with van der Waals surface area (Å²) in [5.74, 6) is 0.796. The van der Waals surface area contributed by atoms with Crippen LogP contribution in [0.15, 0.2) is 18.2 Å². The molecule has 24 heavy (non-hydrogen) atoms. The monoisotopic (exact) mass is 334 g/mol. The van der Waals surface area contributed by atoms with Crippen molar-refractivity contribution >= 4 is 5.91 Å². The normalized spacial score (nSPS) is 26.2. The first-order valence-electron chi connectivity index (χ1n) is 9.08. The molecule has 1 fully saturated rings. The fourth-order valence-corrected chi connectivity index (χ4v) is 3.88. The number of nitrogens with zero attached hydrogens (tertiary/aromatic N) is 1. The Labute approximate surface area is 143 Å². The number of halogens is 1. The summed E-state index contributed by atoms with van der Waals surface area (Å²) < 4.78 is 19.2. The quantitative estimate of drug-likeness (QED) is 0.859. The van der Waals surface area contributed by atoms with E-state index in [1.165, 1.54) is 12.1 Å². The predicted molar refractivity (Wildman–Crippen MR) is 91.6 cm³/mol. The Hall–Kier alpha value is -1.62. The molecule has 3 rings (SSSR count). The van der Waals surface area contributed by atoms with Crippen molar-refractivity contribution in [2.24, 2.45) is 5.92 Å². The minimum absolute atomic E-state index is 0.000650. The molecule has 1 aromatic carbocycles. The zero-order chi connectivity index (χ0) is 16.9. The highest BCUT2D eigenvalue weighted by molar-refractivity contribution is 5.78. The first-order valence-corrected chi connectivity index (χ1v) is 9.08. The van der Waals surface area contributed by atoms with Crippen molar-refractivity contribution in [3.8, 4) is 5.75 Å². The Morgan fingerprint density at radius 2 is 2.21 bits per heavy atom. The summed E-state index contributed by atoms with van der Waals surface area (Å²) in [5, 5.41) is 3.16. The van der Waals surface area contributed by atoms with E-state index in [1.54, 1.807) is 6.07 Å². The second-order valence-electron chi connectivity index (χ2n) is 6.90. The Bertz CT molecular complexity index is 578. The third kappa shape index (κ3) is 4.26. The van der Waals surface area contributed by atoms with E-state index in [4.69, 9.17) is 4.74 Å². The summed E-state index contributed by atoms with van der Waals surface area (Å²) in [7, 11) is 0. The molecule has 0 bridgehead atoms. The maximum absolute atomic E-state index is 13.5. The Kier molecular flexibility index (Phi) is 5.72. The molecule has 0 spiro atoms.